The summed E-state index contributed by atoms with van der Waals surface area (Å²) in [5.41, 5.74) is 1.22. The molecule has 2 heterocycles. The predicted octanol–water partition coefficient (Wildman–Crippen LogP) is 3.43. The van der Waals surface area contributed by atoms with E-state index in [0.717, 1.165) is 61.9 Å². The van der Waals surface area contributed by atoms with Gasteiger partial charge in [0.1, 0.15) is 5.76 Å². The lowest BCUT2D eigenvalue weighted by Crippen LogP contribution is -2.40. The molecule has 0 bridgehead atoms. The van der Waals surface area contributed by atoms with Crippen molar-refractivity contribution in [2.45, 2.75) is 26.3 Å². The molecular weight excluding hydrogens is 396 g/mol. The predicted molar refractivity (Wildman–Crippen MR) is 108 cm³/mol. The number of hydrogen-bond donors (Lipinski definition) is 1. The molecule has 0 saturated heterocycles. The summed E-state index contributed by atoms with van der Waals surface area (Å²) >= 11 is 3.53. The molecule has 7 heteroatoms. The Hall–Kier alpha value is -1.73. The molecule has 144 valence electrons. The third-order valence-corrected chi connectivity index (χ3v) is 4.42. The highest BCUT2D eigenvalue weighted by Crippen LogP contribution is 2.15. The number of nitrogens with zero attached hydrogens (tertiary/aromatic N) is 3. The van der Waals surface area contributed by atoms with Gasteiger partial charge in [0.2, 0.25) is 0 Å². The van der Waals surface area contributed by atoms with Crippen molar-refractivity contribution >= 4 is 21.9 Å². The minimum absolute atomic E-state index is 0.740. The number of nitrogens with one attached hydrogen (secondary N) is 1. The Morgan fingerprint density at radius 2 is 2.31 bits per heavy atom. The lowest BCUT2D eigenvalue weighted by Gasteiger charge is -2.23. The molecule has 2 rings (SSSR count). The van der Waals surface area contributed by atoms with Crippen molar-refractivity contribution in [2.75, 3.05) is 33.4 Å². The summed E-state index contributed by atoms with van der Waals surface area (Å²) in [6.45, 7) is 5.80. The zero-order valence-electron chi connectivity index (χ0n) is 15.9. The van der Waals surface area contributed by atoms with Crippen molar-refractivity contribution < 1.29 is 9.15 Å². The highest BCUT2D eigenvalue weighted by Gasteiger charge is 2.10. The first-order chi connectivity index (χ1) is 12.6. The Bertz CT molecular complexity index is 667. The third-order valence-electron chi connectivity index (χ3n) is 3.98. The normalized spacial score (nSPS) is 11.8. The molecule has 0 aliphatic rings. The van der Waals surface area contributed by atoms with E-state index in [1.165, 1.54) is 5.69 Å². The van der Waals surface area contributed by atoms with Crippen LogP contribution >= 0.6 is 15.9 Å². The number of rotatable bonds is 10. The van der Waals surface area contributed by atoms with Crippen molar-refractivity contribution in [1.82, 2.24) is 14.8 Å². The van der Waals surface area contributed by atoms with E-state index in [2.05, 4.69) is 57.1 Å². The molecule has 0 spiro atoms. The van der Waals surface area contributed by atoms with Gasteiger partial charge in [0.05, 0.1) is 12.8 Å². The minimum atomic E-state index is 0.740. The van der Waals surface area contributed by atoms with E-state index in [1.807, 2.05) is 19.1 Å². The van der Waals surface area contributed by atoms with E-state index < -0.39 is 0 Å². The number of ether oxygens (including phenoxy) is 1. The molecule has 0 saturated carbocycles. The van der Waals surface area contributed by atoms with Crippen LogP contribution in [0.1, 0.15) is 24.8 Å². The quantitative estimate of drug-likeness (QED) is 0.360. The van der Waals surface area contributed by atoms with Crippen LogP contribution in [0.5, 0.6) is 0 Å². The number of guanidine groups is 1. The van der Waals surface area contributed by atoms with Crippen LogP contribution in [-0.4, -0.2) is 48.8 Å². The molecule has 1 N–H and O–H groups in total. The summed E-state index contributed by atoms with van der Waals surface area (Å²) < 4.78 is 14.0. The Labute approximate surface area is 164 Å². The van der Waals surface area contributed by atoms with Crippen LogP contribution in [0.15, 0.2) is 44.5 Å². The van der Waals surface area contributed by atoms with E-state index >= 15 is 0 Å². The van der Waals surface area contributed by atoms with Gasteiger partial charge in [0.25, 0.3) is 0 Å². The molecule has 0 radical (unpaired) electrons. The standard InChI is InChI=1S/C19H29BrN4O2/c1-4-25-11-6-9-21-19(22-10-8-18-7-5-12-26-18)24(3)15-17-13-16(20)14-23(17)2/h5,7,12-14H,4,6,8-11,15H2,1-3H3,(H,21,22). The van der Waals surface area contributed by atoms with Crippen LogP contribution in [0.2, 0.25) is 0 Å². The Morgan fingerprint density at radius 1 is 1.46 bits per heavy atom. The SMILES string of the molecule is CCOCCCN=C(NCCc1ccco1)N(C)Cc1cc(Br)cn1C. The average molecular weight is 425 g/mol. The summed E-state index contributed by atoms with van der Waals surface area (Å²) in [4.78, 5) is 6.89. The fraction of sp³-hybridized carbons (Fsp3) is 0.526. The second kappa shape index (κ2) is 11.1. The van der Waals surface area contributed by atoms with Gasteiger partial charge < -0.3 is 23.9 Å². The van der Waals surface area contributed by atoms with Crippen molar-refractivity contribution in [3.05, 3.63) is 46.6 Å². The molecule has 0 atom stereocenters. The molecule has 6 nitrogen and oxygen atoms in total. The number of aliphatic imine (C=N–C) groups is 1. The Kier molecular flexibility index (Phi) is 8.77. The van der Waals surface area contributed by atoms with Crippen molar-refractivity contribution in [1.29, 1.82) is 0 Å². The van der Waals surface area contributed by atoms with Gasteiger partial charge in [0.15, 0.2) is 5.96 Å². The summed E-state index contributed by atoms with van der Waals surface area (Å²) in [6, 6.07) is 6.04. The van der Waals surface area contributed by atoms with Gasteiger partial charge in [0, 0.05) is 63.2 Å². The summed E-state index contributed by atoms with van der Waals surface area (Å²) in [7, 11) is 4.11. The van der Waals surface area contributed by atoms with Gasteiger partial charge in [-0.2, -0.15) is 0 Å². The zero-order valence-corrected chi connectivity index (χ0v) is 17.5. The summed E-state index contributed by atoms with van der Waals surface area (Å²) in [5, 5.41) is 3.45. The van der Waals surface area contributed by atoms with Crippen LogP contribution in [0.25, 0.3) is 0 Å². The molecule has 0 aliphatic heterocycles. The molecule has 0 aliphatic carbocycles. The van der Waals surface area contributed by atoms with Gasteiger partial charge in [-0.15, -0.1) is 0 Å². The van der Waals surface area contributed by atoms with Crippen molar-refractivity contribution in [3.63, 3.8) is 0 Å². The van der Waals surface area contributed by atoms with E-state index in [-0.39, 0.29) is 0 Å². The highest BCUT2D eigenvalue weighted by atomic mass is 79.9. The zero-order chi connectivity index (χ0) is 18.8. The average Bonchev–Trinajstić information content (AvgIpc) is 3.22. The number of hydrogen-bond acceptors (Lipinski definition) is 3. The van der Waals surface area contributed by atoms with Crippen molar-refractivity contribution in [2.24, 2.45) is 12.0 Å². The van der Waals surface area contributed by atoms with Crippen LogP contribution in [0.4, 0.5) is 0 Å². The smallest absolute Gasteiger partial charge is 0.194 e. The van der Waals surface area contributed by atoms with Crippen LogP contribution in [0, 0.1) is 0 Å². The molecule has 0 unspecified atom stereocenters. The fourth-order valence-corrected chi connectivity index (χ4v) is 3.17. The molecule has 0 aromatic carbocycles. The van der Waals surface area contributed by atoms with E-state index in [1.54, 1.807) is 6.26 Å². The topological polar surface area (TPSA) is 54.9 Å². The van der Waals surface area contributed by atoms with Crippen molar-refractivity contribution in [3.8, 4) is 0 Å². The molecule has 2 aromatic rings. The van der Waals surface area contributed by atoms with Gasteiger partial charge in [-0.1, -0.05) is 0 Å². The summed E-state index contributed by atoms with van der Waals surface area (Å²) in [6.07, 6.45) is 5.51. The van der Waals surface area contributed by atoms with E-state index in [9.17, 15) is 0 Å². The first kappa shape index (κ1) is 20.6. The molecule has 26 heavy (non-hydrogen) atoms. The summed E-state index contributed by atoms with van der Waals surface area (Å²) in [5.74, 6) is 1.87. The number of aromatic nitrogens is 1. The van der Waals surface area contributed by atoms with Gasteiger partial charge in [-0.3, -0.25) is 4.99 Å². The number of halogens is 1. The lowest BCUT2D eigenvalue weighted by atomic mass is 10.3. The van der Waals surface area contributed by atoms with E-state index in [0.29, 0.717) is 0 Å². The molecule has 0 amide bonds. The third kappa shape index (κ3) is 6.88. The lowest BCUT2D eigenvalue weighted by molar-refractivity contribution is 0.146. The second-order valence-electron chi connectivity index (χ2n) is 6.13. The molecule has 2 aromatic heterocycles. The maximum Gasteiger partial charge on any atom is 0.194 e. The number of aryl methyl sites for hydroxylation is 1. The minimum Gasteiger partial charge on any atom is -0.469 e. The first-order valence-electron chi connectivity index (χ1n) is 9.00. The maximum atomic E-state index is 5.40. The largest absolute Gasteiger partial charge is 0.469 e. The van der Waals surface area contributed by atoms with Crippen LogP contribution in [-0.2, 0) is 24.8 Å². The van der Waals surface area contributed by atoms with E-state index in [4.69, 9.17) is 14.1 Å². The molecule has 0 fully saturated rings. The number of furan rings is 1. The monoisotopic (exact) mass is 424 g/mol. The van der Waals surface area contributed by atoms with Gasteiger partial charge >= 0.3 is 0 Å². The van der Waals surface area contributed by atoms with Crippen LogP contribution < -0.4 is 5.32 Å². The first-order valence-corrected chi connectivity index (χ1v) is 9.79. The van der Waals surface area contributed by atoms with Gasteiger partial charge in [-0.05, 0) is 47.5 Å². The maximum absolute atomic E-state index is 5.40. The highest BCUT2D eigenvalue weighted by molar-refractivity contribution is 9.10. The second-order valence-corrected chi connectivity index (χ2v) is 7.04. The Morgan fingerprint density at radius 3 is 2.96 bits per heavy atom. The molecular formula is C19H29BrN4O2. The van der Waals surface area contributed by atoms with Gasteiger partial charge in [-0.25, -0.2) is 0 Å². The fourth-order valence-electron chi connectivity index (χ4n) is 2.60. The van der Waals surface area contributed by atoms with Crippen LogP contribution in [0.3, 0.4) is 0 Å². The Balaban J connectivity index is 1.93.